The van der Waals surface area contributed by atoms with Crippen LogP contribution >= 0.6 is 24.8 Å². The van der Waals surface area contributed by atoms with E-state index >= 15 is 0 Å². The smallest absolute Gasteiger partial charge is 0.225 e. The van der Waals surface area contributed by atoms with Gasteiger partial charge in [0, 0.05) is 25.6 Å². The lowest BCUT2D eigenvalue weighted by molar-refractivity contribution is -0.138. The third-order valence-corrected chi connectivity index (χ3v) is 5.25. The van der Waals surface area contributed by atoms with Crippen LogP contribution in [0.4, 0.5) is 0 Å². The van der Waals surface area contributed by atoms with Gasteiger partial charge in [0.25, 0.3) is 0 Å². The first-order valence-electron chi connectivity index (χ1n) is 8.37. The minimum absolute atomic E-state index is 0. The van der Waals surface area contributed by atoms with Gasteiger partial charge in [0.1, 0.15) is 0 Å². The zero-order valence-electron chi connectivity index (χ0n) is 14.2. The van der Waals surface area contributed by atoms with Crippen LogP contribution in [0.1, 0.15) is 33.6 Å². The number of rotatable bonds is 6. The number of likely N-dealkylation sites (tertiary alicyclic amines) is 1. The van der Waals surface area contributed by atoms with E-state index in [4.69, 9.17) is 0 Å². The van der Waals surface area contributed by atoms with Crippen molar-refractivity contribution in [1.82, 2.24) is 15.1 Å². The van der Waals surface area contributed by atoms with Crippen molar-refractivity contribution in [1.29, 1.82) is 0 Å². The van der Waals surface area contributed by atoms with E-state index in [0.717, 1.165) is 45.2 Å². The fourth-order valence-corrected chi connectivity index (χ4v) is 3.34. The van der Waals surface area contributed by atoms with E-state index in [-0.39, 0.29) is 30.7 Å². The van der Waals surface area contributed by atoms with E-state index in [1.54, 1.807) is 0 Å². The molecule has 0 bridgehead atoms. The number of carbonyl (C=O) groups excluding carboxylic acids is 1. The summed E-state index contributed by atoms with van der Waals surface area (Å²) in [6.45, 7) is 14.0. The summed E-state index contributed by atoms with van der Waals surface area (Å²) in [5, 5.41) is 3.27. The molecule has 0 aliphatic carbocycles. The second-order valence-electron chi connectivity index (χ2n) is 6.46. The van der Waals surface area contributed by atoms with Gasteiger partial charge in [-0.2, -0.15) is 0 Å². The van der Waals surface area contributed by atoms with Gasteiger partial charge in [-0.05, 0) is 50.9 Å². The van der Waals surface area contributed by atoms with Gasteiger partial charge in [0.15, 0.2) is 0 Å². The maximum Gasteiger partial charge on any atom is 0.225 e. The zero-order valence-corrected chi connectivity index (χ0v) is 15.8. The van der Waals surface area contributed by atoms with Crippen molar-refractivity contribution in [2.45, 2.75) is 33.6 Å². The van der Waals surface area contributed by atoms with Crippen LogP contribution in [0.2, 0.25) is 0 Å². The van der Waals surface area contributed by atoms with E-state index in [2.05, 4.69) is 35.9 Å². The standard InChI is InChI=1S/C16H31N3O.2ClH/c1-4-18(5-2)12-14-6-8-19(9-7-14)16(20)13(3)15-10-17-11-15;;/h13-15,17H,4-12H2,1-3H3;2*1H. The molecule has 22 heavy (non-hydrogen) atoms. The fourth-order valence-electron chi connectivity index (χ4n) is 3.34. The van der Waals surface area contributed by atoms with E-state index in [0.29, 0.717) is 11.8 Å². The van der Waals surface area contributed by atoms with Crippen molar-refractivity contribution in [2.75, 3.05) is 45.8 Å². The monoisotopic (exact) mass is 353 g/mol. The molecule has 1 N–H and O–H groups in total. The molecule has 0 spiro atoms. The van der Waals surface area contributed by atoms with Gasteiger partial charge >= 0.3 is 0 Å². The van der Waals surface area contributed by atoms with Crippen LogP contribution in [-0.4, -0.2) is 61.5 Å². The van der Waals surface area contributed by atoms with Crippen LogP contribution in [-0.2, 0) is 4.79 Å². The molecule has 1 unspecified atom stereocenters. The number of piperidine rings is 1. The van der Waals surface area contributed by atoms with Crippen molar-refractivity contribution in [2.24, 2.45) is 17.8 Å². The Morgan fingerprint density at radius 2 is 1.73 bits per heavy atom. The Bertz CT molecular complexity index is 315. The summed E-state index contributed by atoms with van der Waals surface area (Å²) in [5.74, 6) is 1.93. The van der Waals surface area contributed by atoms with Crippen molar-refractivity contribution < 1.29 is 4.79 Å². The molecule has 2 fully saturated rings. The minimum atomic E-state index is 0. The van der Waals surface area contributed by atoms with Crippen molar-refractivity contribution in [3.8, 4) is 0 Å². The van der Waals surface area contributed by atoms with Crippen LogP contribution < -0.4 is 5.32 Å². The van der Waals surface area contributed by atoms with E-state index < -0.39 is 0 Å². The zero-order chi connectivity index (χ0) is 14.5. The highest BCUT2D eigenvalue weighted by Gasteiger charge is 2.33. The lowest BCUT2D eigenvalue weighted by Gasteiger charge is -2.38. The van der Waals surface area contributed by atoms with Gasteiger partial charge in [0.2, 0.25) is 5.91 Å². The van der Waals surface area contributed by atoms with Crippen LogP contribution in [0, 0.1) is 17.8 Å². The Balaban J connectivity index is 0.00000220. The van der Waals surface area contributed by atoms with E-state index in [1.807, 2.05) is 0 Å². The number of amides is 1. The highest BCUT2D eigenvalue weighted by atomic mass is 35.5. The fraction of sp³-hybridized carbons (Fsp3) is 0.938. The summed E-state index contributed by atoms with van der Waals surface area (Å²) in [4.78, 5) is 17.1. The van der Waals surface area contributed by atoms with Crippen molar-refractivity contribution in [3.63, 3.8) is 0 Å². The van der Waals surface area contributed by atoms with Gasteiger partial charge in [-0.15, -0.1) is 24.8 Å². The number of hydrogen-bond donors (Lipinski definition) is 1. The summed E-state index contributed by atoms with van der Waals surface area (Å²) < 4.78 is 0. The first-order valence-corrected chi connectivity index (χ1v) is 8.37. The summed E-state index contributed by atoms with van der Waals surface area (Å²) in [7, 11) is 0. The van der Waals surface area contributed by atoms with Gasteiger partial charge < -0.3 is 15.1 Å². The third kappa shape index (κ3) is 5.55. The van der Waals surface area contributed by atoms with Crippen LogP contribution in [0.15, 0.2) is 0 Å². The Labute approximate surface area is 148 Å². The number of hydrogen-bond acceptors (Lipinski definition) is 3. The van der Waals surface area contributed by atoms with Gasteiger partial charge in [-0.3, -0.25) is 4.79 Å². The average molecular weight is 354 g/mol. The Hall–Kier alpha value is -0.0300. The quantitative estimate of drug-likeness (QED) is 0.795. The second-order valence-corrected chi connectivity index (χ2v) is 6.46. The van der Waals surface area contributed by atoms with E-state index in [9.17, 15) is 4.79 Å². The lowest BCUT2D eigenvalue weighted by Crippen LogP contribution is -2.51. The Morgan fingerprint density at radius 1 is 1.18 bits per heavy atom. The SMILES string of the molecule is CCN(CC)CC1CCN(C(=O)C(C)C2CNC2)CC1.Cl.Cl. The van der Waals surface area contributed by atoms with Gasteiger partial charge in [-0.25, -0.2) is 0 Å². The van der Waals surface area contributed by atoms with Crippen LogP contribution in [0.3, 0.4) is 0 Å². The molecule has 2 aliphatic rings. The average Bonchev–Trinajstić information content (AvgIpc) is 2.42. The van der Waals surface area contributed by atoms with Gasteiger partial charge in [-0.1, -0.05) is 20.8 Å². The summed E-state index contributed by atoms with van der Waals surface area (Å²) in [5.41, 5.74) is 0. The molecule has 0 aromatic rings. The predicted octanol–water partition coefficient (Wildman–Crippen LogP) is 2.27. The van der Waals surface area contributed by atoms with E-state index in [1.165, 1.54) is 19.4 Å². The molecule has 0 saturated carbocycles. The molecule has 2 rings (SSSR count). The highest BCUT2D eigenvalue weighted by Crippen LogP contribution is 2.23. The molecule has 0 aromatic carbocycles. The molecule has 132 valence electrons. The topological polar surface area (TPSA) is 35.6 Å². The molecule has 1 atom stereocenters. The molecule has 4 nitrogen and oxygen atoms in total. The predicted molar refractivity (Wildman–Crippen MR) is 97.1 cm³/mol. The van der Waals surface area contributed by atoms with Crippen LogP contribution in [0.5, 0.6) is 0 Å². The molecule has 2 aliphatic heterocycles. The molecule has 0 aromatic heterocycles. The lowest BCUT2D eigenvalue weighted by atomic mass is 9.87. The molecular formula is C16H33Cl2N3O. The van der Waals surface area contributed by atoms with Crippen molar-refractivity contribution in [3.05, 3.63) is 0 Å². The first kappa shape index (κ1) is 22.0. The molecule has 6 heteroatoms. The van der Waals surface area contributed by atoms with Crippen LogP contribution in [0.25, 0.3) is 0 Å². The number of nitrogens with zero attached hydrogens (tertiary/aromatic N) is 2. The maximum atomic E-state index is 12.5. The molecular weight excluding hydrogens is 321 g/mol. The summed E-state index contributed by atoms with van der Waals surface area (Å²) in [6.07, 6.45) is 2.36. The largest absolute Gasteiger partial charge is 0.342 e. The Kier molecular flexibility index (Phi) is 10.7. The molecule has 2 heterocycles. The van der Waals surface area contributed by atoms with Gasteiger partial charge in [0.05, 0.1) is 0 Å². The minimum Gasteiger partial charge on any atom is -0.342 e. The second kappa shape index (κ2) is 10.7. The third-order valence-electron chi connectivity index (χ3n) is 5.25. The summed E-state index contributed by atoms with van der Waals surface area (Å²) >= 11 is 0. The maximum absolute atomic E-state index is 12.5. The summed E-state index contributed by atoms with van der Waals surface area (Å²) in [6, 6.07) is 0. The first-order chi connectivity index (χ1) is 9.65. The molecule has 0 radical (unpaired) electrons. The Morgan fingerprint density at radius 3 is 2.14 bits per heavy atom. The highest BCUT2D eigenvalue weighted by molar-refractivity contribution is 5.85. The molecule has 2 saturated heterocycles. The normalized spacial score (nSPS) is 20.8. The number of nitrogens with one attached hydrogen (secondary N) is 1. The molecule has 1 amide bonds. The number of carbonyl (C=O) groups is 1. The number of halogens is 2. The van der Waals surface area contributed by atoms with Crippen molar-refractivity contribution >= 4 is 30.7 Å².